The third kappa shape index (κ3) is 4.13. The summed E-state index contributed by atoms with van der Waals surface area (Å²) in [6.07, 6.45) is 3.70. The van der Waals surface area contributed by atoms with E-state index in [4.69, 9.17) is 11.6 Å². The molecule has 0 saturated carbocycles. The first-order valence-corrected chi connectivity index (χ1v) is 6.04. The normalized spacial score (nSPS) is 12.5. The first-order chi connectivity index (χ1) is 7.13. The summed E-state index contributed by atoms with van der Waals surface area (Å²) in [4.78, 5) is 0. The van der Waals surface area contributed by atoms with E-state index in [0.29, 0.717) is 6.04 Å². The molecule has 84 valence electrons. The van der Waals surface area contributed by atoms with E-state index in [2.05, 4.69) is 38.2 Å². The first kappa shape index (κ1) is 12.4. The number of halogens is 1. The lowest BCUT2D eigenvalue weighted by molar-refractivity contribution is 0.645. The number of rotatable bonds is 5. The van der Waals surface area contributed by atoms with Gasteiger partial charge in [-0.1, -0.05) is 37.4 Å². The summed E-state index contributed by atoms with van der Waals surface area (Å²) in [6.45, 7) is 6.47. The Bertz CT molecular complexity index is 309. The Morgan fingerprint density at radius 1 is 1.40 bits per heavy atom. The van der Waals surface area contributed by atoms with E-state index < -0.39 is 0 Å². The molecule has 0 radical (unpaired) electrons. The molecule has 0 saturated heterocycles. The van der Waals surface area contributed by atoms with Crippen LogP contribution < -0.4 is 5.32 Å². The van der Waals surface area contributed by atoms with Gasteiger partial charge in [-0.15, -0.1) is 0 Å². The van der Waals surface area contributed by atoms with Crippen LogP contribution in [0.2, 0.25) is 5.02 Å². The quantitative estimate of drug-likeness (QED) is 0.770. The van der Waals surface area contributed by atoms with Gasteiger partial charge in [-0.25, -0.2) is 0 Å². The standard InChI is InChI=1S/C13H20ClN/c1-4-5-6-11(3)15-13-8-7-10(2)9-12(13)14/h7-9,11,15H,4-6H2,1-3H3. The molecule has 15 heavy (non-hydrogen) atoms. The van der Waals surface area contributed by atoms with Crippen LogP contribution in [0.25, 0.3) is 0 Å². The first-order valence-electron chi connectivity index (χ1n) is 5.66. The SMILES string of the molecule is CCCCC(C)Nc1ccc(C)cc1Cl. The molecular weight excluding hydrogens is 206 g/mol. The third-order valence-corrected chi connectivity index (χ3v) is 2.83. The van der Waals surface area contributed by atoms with E-state index >= 15 is 0 Å². The minimum absolute atomic E-state index is 0.491. The smallest absolute Gasteiger partial charge is 0.0640 e. The lowest BCUT2D eigenvalue weighted by atomic mass is 10.1. The second-order valence-electron chi connectivity index (χ2n) is 4.17. The largest absolute Gasteiger partial charge is 0.381 e. The van der Waals surface area contributed by atoms with Crippen molar-refractivity contribution in [1.82, 2.24) is 0 Å². The van der Waals surface area contributed by atoms with Gasteiger partial charge in [-0.05, 0) is 38.0 Å². The molecule has 0 aliphatic rings. The van der Waals surface area contributed by atoms with Gasteiger partial charge in [0.15, 0.2) is 0 Å². The van der Waals surface area contributed by atoms with Gasteiger partial charge in [-0.2, -0.15) is 0 Å². The second kappa shape index (κ2) is 6.02. The Hall–Kier alpha value is -0.690. The number of aryl methyl sites for hydroxylation is 1. The van der Waals surface area contributed by atoms with Crippen LogP contribution in [0, 0.1) is 6.92 Å². The monoisotopic (exact) mass is 225 g/mol. The average Bonchev–Trinajstić information content (AvgIpc) is 2.19. The average molecular weight is 226 g/mol. The lowest BCUT2D eigenvalue weighted by Gasteiger charge is -2.16. The molecule has 1 atom stereocenters. The fraction of sp³-hybridized carbons (Fsp3) is 0.538. The topological polar surface area (TPSA) is 12.0 Å². The van der Waals surface area contributed by atoms with Crippen molar-refractivity contribution in [2.24, 2.45) is 0 Å². The van der Waals surface area contributed by atoms with E-state index in [1.165, 1.54) is 24.8 Å². The number of benzene rings is 1. The van der Waals surface area contributed by atoms with Crippen molar-refractivity contribution in [1.29, 1.82) is 0 Å². The Morgan fingerprint density at radius 2 is 2.13 bits per heavy atom. The van der Waals surface area contributed by atoms with Crippen LogP contribution in [0.1, 0.15) is 38.7 Å². The molecule has 1 nitrogen and oxygen atoms in total. The third-order valence-electron chi connectivity index (χ3n) is 2.52. The van der Waals surface area contributed by atoms with Crippen LogP contribution in [0.15, 0.2) is 18.2 Å². The fourth-order valence-electron chi connectivity index (χ4n) is 1.59. The van der Waals surface area contributed by atoms with Gasteiger partial charge in [0.25, 0.3) is 0 Å². The fourth-order valence-corrected chi connectivity index (χ4v) is 1.87. The summed E-state index contributed by atoms with van der Waals surface area (Å²) >= 11 is 6.15. The molecule has 1 aromatic carbocycles. The van der Waals surface area contributed by atoms with E-state index in [-0.39, 0.29) is 0 Å². The van der Waals surface area contributed by atoms with Crippen molar-refractivity contribution in [3.05, 3.63) is 28.8 Å². The minimum Gasteiger partial charge on any atom is -0.381 e. The highest BCUT2D eigenvalue weighted by molar-refractivity contribution is 6.33. The van der Waals surface area contributed by atoms with Crippen LogP contribution >= 0.6 is 11.6 Å². The summed E-state index contributed by atoms with van der Waals surface area (Å²) in [6, 6.07) is 6.63. The Balaban J connectivity index is 2.56. The molecule has 0 heterocycles. The van der Waals surface area contributed by atoms with Crippen molar-refractivity contribution >= 4 is 17.3 Å². The molecule has 1 N–H and O–H groups in total. The molecule has 0 aromatic heterocycles. The maximum atomic E-state index is 6.15. The number of hydrogen-bond donors (Lipinski definition) is 1. The molecule has 1 aromatic rings. The van der Waals surface area contributed by atoms with Gasteiger partial charge in [0.05, 0.1) is 10.7 Å². The predicted molar refractivity (Wildman–Crippen MR) is 68.8 cm³/mol. The highest BCUT2D eigenvalue weighted by atomic mass is 35.5. The van der Waals surface area contributed by atoms with Crippen molar-refractivity contribution in [3.8, 4) is 0 Å². The Kier molecular flexibility index (Phi) is 4.97. The molecule has 2 heteroatoms. The Labute approximate surface area is 97.8 Å². The van der Waals surface area contributed by atoms with Gasteiger partial charge in [0, 0.05) is 6.04 Å². The second-order valence-corrected chi connectivity index (χ2v) is 4.58. The molecular formula is C13H20ClN. The number of nitrogens with one attached hydrogen (secondary N) is 1. The molecule has 0 amide bonds. The van der Waals surface area contributed by atoms with E-state index in [1.54, 1.807) is 0 Å². The number of unbranched alkanes of at least 4 members (excludes halogenated alkanes) is 1. The zero-order chi connectivity index (χ0) is 11.3. The van der Waals surface area contributed by atoms with Crippen molar-refractivity contribution in [3.63, 3.8) is 0 Å². The highest BCUT2D eigenvalue weighted by Gasteiger charge is 2.04. The van der Waals surface area contributed by atoms with Gasteiger partial charge in [0.1, 0.15) is 0 Å². The summed E-state index contributed by atoms with van der Waals surface area (Å²) in [7, 11) is 0. The molecule has 0 aliphatic carbocycles. The van der Waals surface area contributed by atoms with Crippen molar-refractivity contribution in [2.45, 2.75) is 46.1 Å². The Morgan fingerprint density at radius 3 is 2.73 bits per heavy atom. The van der Waals surface area contributed by atoms with E-state index in [1.807, 2.05) is 6.07 Å². The predicted octanol–water partition coefficient (Wildman–Crippen LogP) is 4.64. The molecule has 0 spiro atoms. The van der Waals surface area contributed by atoms with Crippen LogP contribution in [0.5, 0.6) is 0 Å². The van der Waals surface area contributed by atoms with Crippen molar-refractivity contribution in [2.75, 3.05) is 5.32 Å². The van der Waals surface area contributed by atoms with Crippen LogP contribution in [0.4, 0.5) is 5.69 Å². The molecule has 1 rings (SSSR count). The van der Waals surface area contributed by atoms with Crippen LogP contribution in [-0.2, 0) is 0 Å². The molecule has 0 bridgehead atoms. The highest BCUT2D eigenvalue weighted by Crippen LogP contribution is 2.23. The summed E-state index contributed by atoms with van der Waals surface area (Å²) < 4.78 is 0. The van der Waals surface area contributed by atoms with Gasteiger partial charge in [-0.3, -0.25) is 0 Å². The number of hydrogen-bond acceptors (Lipinski definition) is 1. The van der Waals surface area contributed by atoms with Crippen LogP contribution in [-0.4, -0.2) is 6.04 Å². The number of anilines is 1. The molecule has 0 aliphatic heterocycles. The van der Waals surface area contributed by atoms with Gasteiger partial charge < -0.3 is 5.32 Å². The summed E-state index contributed by atoms with van der Waals surface area (Å²) in [5.41, 5.74) is 2.25. The van der Waals surface area contributed by atoms with Crippen molar-refractivity contribution < 1.29 is 0 Å². The minimum atomic E-state index is 0.491. The zero-order valence-corrected chi connectivity index (χ0v) is 10.6. The van der Waals surface area contributed by atoms with Gasteiger partial charge in [0.2, 0.25) is 0 Å². The van der Waals surface area contributed by atoms with E-state index in [0.717, 1.165) is 10.7 Å². The lowest BCUT2D eigenvalue weighted by Crippen LogP contribution is -2.14. The van der Waals surface area contributed by atoms with Gasteiger partial charge >= 0.3 is 0 Å². The summed E-state index contributed by atoms with van der Waals surface area (Å²) in [5, 5.41) is 4.26. The maximum absolute atomic E-state index is 6.15. The molecule has 1 unspecified atom stereocenters. The maximum Gasteiger partial charge on any atom is 0.0640 e. The zero-order valence-electron chi connectivity index (χ0n) is 9.81. The molecule has 0 fully saturated rings. The van der Waals surface area contributed by atoms with E-state index in [9.17, 15) is 0 Å². The summed E-state index contributed by atoms with van der Waals surface area (Å²) in [5.74, 6) is 0. The van der Waals surface area contributed by atoms with Crippen LogP contribution in [0.3, 0.4) is 0 Å².